The van der Waals surface area contributed by atoms with Crippen LogP contribution in [0.15, 0.2) is 53.4 Å². The van der Waals surface area contributed by atoms with E-state index in [4.69, 9.17) is 0 Å². The predicted molar refractivity (Wildman–Crippen MR) is 127 cm³/mol. The Morgan fingerprint density at radius 3 is 2.41 bits per heavy atom. The minimum Gasteiger partial charge on any atom is -0.349 e. The van der Waals surface area contributed by atoms with Gasteiger partial charge in [0, 0.05) is 19.0 Å². The van der Waals surface area contributed by atoms with Gasteiger partial charge in [0.15, 0.2) is 0 Å². The van der Waals surface area contributed by atoms with Crippen molar-refractivity contribution < 1.29 is 13.2 Å². The number of nitrogens with zero attached hydrogens (tertiary/aromatic N) is 1. The van der Waals surface area contributed by atoms with Gasteiger partial charge in [-0.15, -0.1) is 0 Å². The lowest BCUT2D eigenvalue weighted by atomic mass is 9.93. The van der Waals surface area contributed by atoms with Crippen molar-refractivity contribution in [1.29, 1.82) is 0 Å². The summed E-state index contributed by atoms with van der Waals surface area (Å²) in [5.41, 5.74) is 3.55. The molecule has 1 unspecified atom stereocenters. The zero-order chi connectivity index (χ0) is 22.7. The van der Waals surface area contributed by atoms with Gasteiger partial charge in [-0.3, -0.25) is 4.79 Å². The van der Waals surface area contributed by atoms with E-state index in [1.165, 1.54) is 5.56 Å². The Balaban J connectivity index is 1.38. The van der Waals surface area contributed by atoms with Crippen LogP contribution >= 0.6 is 0 Å². The molecule has 1 atom stereocenters. The highest BCUT2D eigenvalue weighted by Crippen LogP contribution is 2.29. The number of carbonyl (C=O) groups is 1. The summed E-state index contributed by atoms with van der Waals surface area (Å²) in [7, 11) is -3.51. The molecular formula is C26H34N2O3S. The molecule has 1 saturated heterocycles. The van der Waals surface area contributed by atoms with Crippen molar-refractivity contribution in [2.75, 3.05) is 13.1 Å². The van der Waals surface area contributed by atoms with Crippen molar-refractivity contribution in [2.45, 2.75) is 63.3 Å². The van der Waals surface area contributed by atoms with Crippen LogP contribution in [0, 0.1) is 11.8 Å². The number of sulfonamides is 1. The molecule has 5 nitrogen and oxygen atoms in total. The normalized spacial score (nSPS) is 18.5. The van der Waals surface area contributed by atoms with Crippen LogP contribution in [0.25, 0.3) is 0 Å². The number of amides is 1. The molecule has 1 N–H and O–H groups in total. The van der Waals surface area contributed by atoms with E-state index in [2.05, 4.69) is 31.3 Å². The first-order chi connectivity index (χ1) is 15.3. The van der Waals surface area contributed by atoms with Gasteiger partial charge < -0.3 is 5.32 Å². The largest absolute Gasteiger partial charge is 0.349 e. The summed E-state index contributed by atoms with van der Waals surface area (Å²) in [4.78, 5) is 13.4. The van der Waals surface area contributed by atoms with Gasteiger partial charge in [0.1, 0.15) is 0 Å². The van der Waals surface area contributed by atoms with Crippen LogP contribution in [0.4, 0.5) is 0 Å². The first kappa shape index (κ1) is 23.0. The summed E-state index contributed by atoms with van der Waals surface area (Å²) in [6.45, 7) is 5.09. The van der Waals surface area contributed by atoms with E-state index >= 15 is 0 Å². The highest BCUT2D eigenvalue weighted by molar-refractivity contribution is 7.89. The van der Waals surface area contributed by atoms with E-state index in [-0.39, 0.29) is 17.9 Å². The molecule has 6 heteroatoms. The number of aryl methyl sites for hydroxylation is 2. The van der Waals surface area contributed by atoms with Crippen LogP contribution in [0.1, 0.15) is 62.3 Å². The molecular weight excluding hydrogens is 420 g/mol. The summed E-state index contributed by atoms with van der Waals surface area (Å²) in [5, 5.41) is 3.24. The smallest absolute Gasteiger partial charge is 0.243 e. The summed E-state index contributed by atoms with van der Waals surface area (Å²) >= 11 is 0. The van der Waals surface area contributed by atoms with Gasteiger partial charge in [0.25, 0.3) is 0 Å². The Kier molecular flexibility index (Phi) is 7.01. The fraction of sp³-hybridized carbons (Fsp3) is 0.500. The molecule has 1 fully saturated rings. The zero-order valence-electron chi connectivity index (χ0n) is 19.1. The first-order valence-corrected chi connectivity index (χ1v) is 13.3. The van der Waals surface area contributed by atoms with Crippen molar-refractivity contribution in [3.8, 4) is 0 Å². The molecule has 1 aliphatic heterocycles. The number of piperidine rings is 1. The highest BCUT2D eigenvalue weighted by Gasteiger charge is 2.33. The lowest BCUT2D eigenvalue weighted by molar-refractivity contribution is -0.127. The molecule has 0 saturated carbocycles. The molecule has 1 amide bonds. The molecule has 2 aromatic rings. The van der Waals surface area contributed by atoms with Crippen molar-refractivity contribution in [2.24, 2.45) is 11.8 Å². The molecule has 2 aliphatic rings. The monoisotopic (exact) mass is 454 g/mol. The van der Waals surface area contributed by atoms with Gasteiger partial charge in [-0.25, -0.2) is 8.42 Å². The van der Waals surface area contributed by atoms with Crippen molar-refractivity contribution >= 4 is 15.9 Å². The lowest BCUT2D eigenvalue weighted by Crippen LogP contribution is -2.43. The third kappa shape index (κ3) is 5.07. The maximum absolute atomic E-state index is 13.2. The molecule has 0 bridgehead atoms. The molecule has 0 spiro atoms. The highest BCUT2D eigenvalue weighted by atomic mass is 32.2. The third-order valence-electron chi connectivity index (χ3n) is 6.76. The third-order valence-corrected chi connectivity index (χ3v) is 8.65. The maximum atomic E-state index is 13.2. The second-order valence-corrected chi connectivity index (χ2v) is 11.5. The summed E-state index contributed by atoms with van der Waals surface area (Å²) < 4.78 is 27.9. The average Bonchev–Trinajstić information content (AvgIpc) is 3.27. The summed E-state index contributed by atoms with van der Waals surface area (Å²) in [5.74, 6) is 0.341. The number of hydrogen-bond acceptors (Lipinski definition) is 3. The quantitative estimate of drug-likeness (QED) is 0.671. The summed E-state index contributed by atoms with van der Waals surface area (Å²) in [6, 6.07) is 15.6. The topological polar surface area (TPSA) is 66.5 Å². The molecule has 32 heavy (non-hydrogen) atoms. The molecule has 4 rings (SSSR count). The van der Waals surface area contributed by atoms with E-state index in [1.54, 1.807) is 10.4 Å². The summed E-state index contributed by atoms with van der Waals surface area (Å²) in [6.07, 6.45) is 5.08. The van der Waals surface area contributed by atoms with Crippen LogP contribution < -0.4 is 5.32 Å². The number of fused-ring (bicyclic) bond motifs is 1. The van der Waals surface area contributed by atoms with Gasteiger partial charge in [0.2, 0.25) is 15.9 Å². The fourth-order valence-corrected chi connectivity index (χ4v) is 6.46. The van der Waals surface area contributed by atoms with E-state index in [0.717, 1.165) is 36.8 Å². The van der Waals surface area contributed by atoms with Crippen molar-refractivity contribution in [3.63, 3.8) is 0 Å². The molecule has 0 radical (unpaired) electrons. The number of carbonyl (C=O) groups excluding carboxylic acids is 1. The second-order valence-electron chi connectivity index (χ2n) is 9.56. The lowest BCUT2D eigenvalue weighted by Gasteiger charge is -2.32. The Labute approximate surface area is 192 Å². The van der Waals surface area contributed by atoms with Crippen LogP contribution in [0.3, 0.4) is 0 Å². The van der Waals surface area contributed by atoms with E-state index in [1.807, 2.05) is 30.3 Å². The Bertz CT molecular complexity index is 1040. The molecule has 172 valence electrons. The predicted octanol–water partition coefficient (Wildman–Crippen LogP) is 4.48. The van der Waals surface area contributed by atoms with E-state index in [0.29, 0.717) is 36.7 Å². The van der Waals surface area contributed by atoms with Gasteiger partial charge in [0.05, 0.1) is 10.9 Å². The molecule has 1 aliphatic carbocycles. The molecule has 0 aromatic heterocycles. The zero-order valence-corrected chi connectivity index (χ0v) is 19.9. The number of benzene rings is 2. The Hall–Kier alpha value is -2.18. The SMILES string of the molecule is CC(C)CC(NC(=O)C1CCN(S(=O)(=O)c2ccc3c(c2)CCC3)CC1)c1ccccc1. The van der Waals surface area contributed by atoms with Crippen LogP contribution in [0.2, 0.25) is 0 Å². The number of hydrogen-bond donors (Lipinski definition) is 1. The minimum absolute atomic E-state index is 0.0168. The standard InChI is InChI=1S/C26H34N2O3S/c1-19(2)17-25(21-7-4-3-5-8-21)27-26(29)22-13-15-28(16-14-22)32(30,31)24-12-11-20-9-6-10-23(20)18-24/h3-5,7-8,11-12,18-19,22,25H,6,9-10,13-17H2,1-2H3,(H,27,29). The van der Waals surface area contributed by atoms with Crippen LogP contribution in [-0.4, -0.2) is 31.7 Å². The Morgan fingerprint density at radius 1 is 1.03 bits per heavy atom. The van der Waals surface area contributed by atoms with E-state index < -0.39 is 10.0 Å². The number of rotatable bonds is 7. The fourth-order valence-electron chi connectivity index (χ4n) is 4.94. The molecule has 2 aromatic carbocycles. The first-order valence-electron chi connectivity index (χ1n) is 11.8. The maximum Gasteiger partial charge on any atom is 0.243 e. The van der Waals surface area contributed by atoms with Crippen LogP contribution in [-0.2, 0) is 27.7 Å². The van der Waals surface area contributed by atoms with E-state index in [9.17, 15) is 13.2 Å². The molecule has 1 heterocycles. The van der Waals surface area contributed by atoms with Crippen molar-refractivity contribution in [3.05, 3.63) is 65.2 Å². The minimum atomic E-state index is -3.51. The van der Waals surface area contributed by atoms with Crippen LogP contribution in [0.5, 0.6) is 0 Å². The van der Waals surface area contributed by atoms with Gasteiger partial charge in [-0.2, -0.15) is 4.31 Å². The van der Waals surface area contributed by atoms with Gasteiger partial charge in [-0.1, -0.05) is 50.2 Å². The van der Waals surface area contributed by atoms with Gasteiger partial charge in [-0.05, 0) is 73.3 Å². The average molecular weight is 455 g/mol. The number of nitrogens with one attached hydrogen (secondary N) is 1. The second kappa shape index (κ2) is 9.75. The van der Waals surface area contributed by atoms with Crippen molar-refractivity contribution in [1.82, 2.24) is 9.62 Å². The van der Waals surface area contributed by atoms with Gasteiger partial charge >= 0.3 is 0 Å². The Morgan fingerprint density at radius 2 is 1.72 bits per heavy atom.